The maximum Gasteiger partial charge on any atom is 0.419 e. The van der Waals surface area contributed by atoms with Gasteiger partial charge in [0.25, 0.3) is 0 Å². The van der Waals surface area contributed by atoms with Crippen molar-refractivity contribution in [3.63, 3.8) is 0 Å². The SMILES string of the molecule is FC(F)(F)c1c(-c2ccccc2)[nH]c2ccccc12.Nc1ccccc1C(=C(Br)Br)C(F)(F)F. The first kappa shape index (κ1) is 25.9. The Balaban J connectivity index is 0.000000197. The predicted molar refractivity (Wildman–Crippen MR) is 130 cm³/mol. The minimum absolute atomic E-state index is 0.0475. The second kappa shape index (κ2) is 10.3. The van der Waals surface area contributed by atoms with Gasteiger partial charge in [0.15, 0.2) is 0 Å². The predicted octanol–water partition coefficient (Wildman–Crippen LogP) is 9.14. The van der Waals surface area contributed by atoms with E-state index in [0.717, 1.165) is 0 Å². The van der Waals surface area contributed by atoms with Crippen molar-refractivity contribution in [3.05, 3.63) is 93.4 Å². The largest absolute Gasteiger partial charge is 0.419 e. The van der Waals surface area contributed by atoms with Crippen LogP contribution in [0.15, 0.2) is 82.3 Å². The van der Waals surface area contributed by atoms with Gasteiger partial charge in [-0.1, -0.05) is 66.7 Å². The molecule has 4 rings (SSSR count). The van der Waals surface area contributed by atoms with Crippen molar-refractivity contribution in [2.24, 2.45) is 0 Å². The molecule has 4 aromatic rings. The van der Waals surface area contributed by atoms with Gasteiger partial charge in [-0.05, 0) is 49.6 Å². The third-order valence-corrected chi connectivity index (χ3v) is 5.55. The molecule has 0 aliphatic rings. The van der Waals surface area contributed by atoms with Crippen LogP contribution in [0.25, 0.3) is 27.7 Å². The molecule has 10 heteroatoms. The van der Waals surface area contributed by atoms with Crippen molar-refractivity contribution in [3.8, 4) is 11.3 Å². The summed E-state index contributed by atoms with van der Waals surface area (Å²) in [5.41, 5.74) is 5.24. The highest BCUT2D eigenvalue weighted by atomic mass is 79.9. The van der Waals surface area contributed by atoms with E-state index in [4.69, 9.17) is 5.73 Å². The summed E-state index contributed by atoms with van der Waals surface area (Å²) in [6.45, 7) is 0. The molecule has 0 atom stereocenters. The van der Waals surface area contributed by atoms with Crippen molar-refractivity contribution in [1.29, 1.82) is 0 Å². The number of alkyl halides is 6. The van der Waals surface area contributed by atoms with Gasteiger partial charge in [-0.25, -0.2) is 0 Å². The number of aromatic amines is 1. The lowest BCUT2D eigenvalue weighted by atomic mass is 10.1. The number of benzene rings is 3. The fourth-order valence-electron chi connectivity index (χ4n) is 3.34. The van der Waals surface area contributed by atoms with Crippen molar-refractivity contribution < 1.29 is 26.3 Å². The van der Waals surface area contributed by atoms with E-state index in [2.05, 4.69) is 36.8 Å². The van der Waals surface area contributed by atoms with Crippen LogP contribution in [0, 0.1) is 0 Å². The standard InChI is InChI=1S/C15H10F3N.C9H6Br2F3N/c16-15(17,18)13-11-8-4-5-9-12(11)19-14(13)10-6-2-1-3-7-10;10-8(11)7(9(12,13)14)5-3-1-2-4-6(5)15/h1-9,19H;1-4H,15H2. The van der Waals surface area contributed by atoms with E-state index in [1.807, 2.05) is 0 Å². The van der Waals surface area contributed by atoms with Crippen LogP contribution in [0.4, 0.5) is 32.0 Å². The number of aromatic nitrogens is 1. The molecule has 1 heterocycles. The molecule has 0 fully saturated rings. The van der Waals surface area contributed by atoms with Crippen LogP contribution in [-0.2, 0) is 6.18 Å². The zero-order valence-corrected chi connectivity index (χ0v) is 20.3. The van der Waals surface area contributed by atoms with Crippen molar-refractivity contribution in [2.75, 3.05) is 5.73 Å². The molecule has 3 N–H and O–H groups in total. The molecule has 0 saturated heterocycles. The highest BCUT2D eigenvalue weighted by molar-refractivity contribution is 9.28. The average molecular weight is 606 g/mol. The molecule has 0 unspecified atom stereocenters. The number of para-hydroxylation sites is 2. The molecule has 3 aromatic carbocycles. The summed E-state index contributed by atoms with van der Waals surface area (Å²) in [5, 5.41) is 0.203. The molecule has 1 aromatic heterocycles. The van der Waals surface area contributed by atoms with Crippen LogP contribution < -0.4 is 5.73 Å². The highest BCUT2D eigenvalue weighted by Gasteiger charge is 2.38. The first-order valence-corrected chi connectivity index (χ1v) is 11.2. The lowest BCUT2D eigenvalue weighted by molar-refractivity contribution is -0.135. The summed E-state index contributed by atoms with van der Waals surface area (Å²) < 4.78 is 77.7. The Morgan fingerprint density at radius 3 is 1.85 bits per heavy atom. The Morgan fingerprint density at radius 2 is 1.29 bits per heavy atom. The summed E-state index contributed by atoms with van der Waals surface area (Å²) >= 11 is 5.54. The van der Waals surface area contributed by atoms with Crippen LogP contribution in [-0.4, -0.2) is 11.2 Å². The molecule has 0 aliphatic heterocycles. The van der Waals surface area contributed by atoms with E-state index >= 15 is 0 Å². The number of nitrogen functional groups attached to an aromatic ring is 1. The summed E-state index contributed by atoms with van der Waals surface area (Å²) in [5.74, 6) is 0. The second-order valence-corrected chi connectivity index (χ2v) is 9.65. The lowest BCUT2D eigenvalue weighted by Gasteiger charge is -2.14. The molecule has 0 bridgehead atoms. The quantitative estimate of drug-likeness (QED) is 0.174. The van der Waals surface area contributed by atoms with E-state index in [0.29, 0.717) is 11.1 Å². The molecule has 34 heavy (non-hydrogen) atoms. The van der Waals surface area contributed by atoms with Crippen LogP contribution in [0.3, 0.4) is 0 Å². The zero-order chi connectivity index (χ0) is 25.1. The fourth-order valence-corrected chi connectivity index (χ4v) is 4.22. The Kier molecular flexibility index (Phi) is 7.82. The van der Waals surface area contributed by atoms with E-state index in [1.54, 1.807) is 54.6 Å². The minimum Gasteiger partial charge on any atom is -0.398 e. The van der Waals surface area contributed by atoms with E-state index in [-0.39, 0.29) is 25.7 Å². The zero-order valence-electron chi connectivity index (χ0n) is 17.1. The van der Waals surface area contributed by atoms with E-state index < -0.39 is 23.5 Å². The topological polar surface area (TPSA) is 41.8 Å². The number of rotatable bonds is 2. The molecule has 178 valence electrons. The Morgan fingerprint density at radius 1 is 0.735 bits per heavy atom. The van der Waals surface area contributed by atoms with E-state index in [1.165, 1.54) is 24.3 Å². The van der Waals surface area contributed by atoms with Crippen LogP contribution in [0.2, 0.25) is 0 Å². The number of nitrogens with two attached hydrogens (primary N) is 1. The Hall–Kier alpha value is -2.72. The van der Waals surface area contributed by atoms with Gasteiger partial charge in [-0.3, -0.25) is 0 Å². The Bertz CT molecular complexity index is 1300. The van der Waals surface area contributed by atoms with Gasteiger partial charge in [0.2, 0.25) is 0 Å². The van der Waals surface area contributed by atoms with Crippen molar-refractivity contribution in [1.82, 2.24) is 4.98 Å². The maximum absolute atomic E-state index is 13.3. The van der Waals surface area contributed by atoms with E-state index in [9.17, 15) is 26.3 Å². The number of allylic oxidation sites excluding steroid dienone is 1. The highest BCUT2D eigenvalue weighted by Crippen LogP contribution is 2.43. The van der Waals surface area contributed by atoms with Gasteiger partial charge < -0.3 is 10.7 Å². The smallest absolute Gasteiger partial charge is 0.398 e. The third kappa shape index (κ3) is 5.85. The number of halogens is 8. The lowest BCUT2D eigenvalue weighted by Crippen LogP contribution is -2.12. The molecule has 0 saturated carbocycles. The van der Waals surface area contributed by atoms with Gasteiger partial charge in [0.05, 0.1) is 20.2 Å². The monoisotopic (exact) mass is 604 g/mol. The summed E-state index contributed by atoms with van der Waals surface area (Å²) in [6, 6.07) is 20.8. The van der Waals surface area contributed by atoms with Gasteiger partial charge >= 0.3 is 12.4 Å². The molecular formula is C24H16Br2F6N2. The average Bonchev–Trinajstić information content (AvgIpc) is 3.15. The van der Waals surface area contributed by atoms with Crippen LogP contribution >= 0.6 is 31.9 Å². The maximum atomic E-state index is 13.3. The van der Waals surface area contributed by atoms with Gasteiger partial charge in [-0.2, -0.15) is 26.3 Å². The second-order valence-electron chi connectivity index (χ2n) is 7.00. The molecule has 0 radical (unpaired) electrons. The Labute approximate surface area is 207 Å². The van der Waals surface area contributed by atoms with Crippen molar-refractivity contribution >= 4 is 54.0 Å². The molecular weight excluding hydrogens is 590 g/mol. The van der Waals surface area contributed by atoms with Gasteiger partial charge in [-0.15, -0.1) is 0 Å². The number of hydrogen-bond acceptors (Lipinski definition) is 1. The van der Waals surface area contributed by atoms with Crippen LogP contribution in [0.5, 0.6) is 0 Å². The van der Waals surface area contributed by atoms with Crippen LogP contribution in [0.1, 0.15) is 11.1 Å². The first-order valence-electron chi connectivity index (χ1n) is 9.62. The fraction of sp³-hybridized carbons (Fsp3) is 0.0833. The molecule has 0 spiro atoms. The summed E-state index contributed by atoms with van der Waals surface area (Å²) in [7, 11) is 0. The molecule has 0 aliphatic carbocycles. The molecule has 2 nitrogen and oxygen atoms in total. The third-order valence-electron chi connectivity index (χ3n) is 4.75. The number of fused-ring (bicyclic) bond motifs is 1. The van der Waals surface area contributed by atoms with Gasteiger partial charge in [0.1, 0.15) is 0 Å². The summed E-state index contributed by atoms with van der Waals surface area (Å²) in [4.78, 5) is 2.87. The van der Waals surface area contributed by atoms with Crippen molar-refractivity contribution in [2.45, 2.75) is 12.4 Å². The normalized spacial score (nSPS) is 11.6. The first-order chi connectivity index (χ1) is 15.9. The number of anilines is 1. The minimum atomic E-state index is -4.46. The number of H-pyrrole nitrogens is 1. The number of hydrogen-bond donors (Lipinski definition) is 2. The van der Waals surface area contributed by atoms with Gasteiger partial charge in [0, 0.05) is 22.2 Å². The summed E-state index contributed by atoms with van der Waals surface area (Å²) in [6.07, 6.45) is -8.84. The number of nitrogens with one attached hydrogen (secondary N) is 1. The molecule has 0 amide bonds.